The molecule has 2 heterocycles. The van der Waals surface area contributed by atoms with Crippen molar-refractivity contribution in [3.05, 3.63) is 17.2 Å². The summed E-state index contributed by atoms with van der Waals surface area (Å²) >= 11 is 0. The predicted molar refractivity (Wildman–Crippen MR) is 74.7 cm³/mol. The van der Waals surface area contributed by atoms with E-state index >= 15 is 0 Å². The van der Waals surface area contributed by atoms with Gasteiger partial charge >= 0.3 is 0 Å². The Kier molecular flexibility index (Phi) is 4.46. The third-order valence-electron chi connectivity index (χ3n) is 3.10. The number of anilines is 2. The average Bonchev–Trinajstić information content (AvgIpc) is 2.74. The first kappa shape index (κ1) is 13.5. The molecule has 0 amide bonds. The fourth-order valence-corrected chi connectivity index (χ4v) is 2.14. The van der Waals surface area contributed by atoms with Gasteiger partial charge in [-0.15, -0.1) is 0 Å². The predicted octanol–water partition coefficient (Wildman–Crippen LogP) is 1.16. The van der Waals surface area contributed by atoms with Crippen LogP contribution in [0.3, 0.4) is 0 Å². The summed E-state index contributed by atoms with van der Waals surface area (Å²) in [6.45, 7) is 2.92. The molecule has 2 N–H and O–H groups in total. The summed E-state index contributed by atoms with van der Waals surface area (Å²) in [6.07, 6.45) is 2.91. The highest BCUT2D eigenvalue weighted by Gasteiger charge is 2.17. The molecule has 0 spiro atoms. The van der Waals surface area contributed by atoms with Crippen molar-refractivity contribution in [2.24, 2.45) is 0 Å². The van der Waals surface area contributed by atoms with E-state index in [0.717, 1.165) is 32.4 Å². The van der Waals surface area contributed by atoms with Gasteiger partial charge in [0, 0.05) is 38.5 Å². The maximum absolute atomic E-state index is 11.2. The fraction of sp³-hybridized carbons (Fsp3) is 0.462. The topological polar surface area (TPSA) is 78.3 Å². The van der Waals surface area contributed by atoms with Gasteiger partial charge < -0.3 is 20.4 Å². The van der Waals surface area contributed by atoms with Crippen LogP contribution in [0, 0.1) is 5.41 Å². The van der Waals surface area contributed by atoms with Crippen molar-refractivity contribution >= 4 is 24.1 Å². The van der Waals surface area contributed by atoms with Crippen molar-refractivity contribution < 1.29 is 9.53 Å². The number of pyridine rings is 1. The van der Waals surface area contributed by atoms with Crippen LogP contribution in [0.25, 0.3) is 0 Å². The normalized spacial score (nSPS) is 15.7. The van der Waals surface area contributed by atoms with Crippen LogP contribution in [-0.4, -0.2) is 50.8 Å². The molecule has 6 heteroatoms. The Morgan fingerprint density at radius 3 is 2.95 bits per heavy atom. The third-order valence-corrected chi connectivity index (χ3v) is 3.10. The van der Waals surface area contributed by atoms with Crippen LogP contribution in [0.5, 0.6) is 0 Å². The molecule has 0 saturated carbocycles. The minimum atomic E-state index is 0.513. The molecule has 1 aromatic rings. The van der Waals surface area contributed by atoms with Crippen LogP contribution in [0.15, 0.2) is 6.07 Å². The van der Waals surface area contributed by atoms with Gasteiger partial charge in [0.1, 0.15) is 11.6 Å². The van der Waals surface area contributed by atoms with Crippen LogP contribution >= 0.6 is 0 Å². The standard InChI is InChI=1S/C13H18N4O2/c1-15-12-10(8-14)7-11(9-18)13(16-12)17-3-2-5-19-6-4-17/h7-9,14H,2-6H2,1H3,(H,15,16). The highest BCUT2D eigenvalue weighted by Crippen LogP contribution is 2.23. The number of ether oxygens (including phenoxy) is 1. The number of hydrogen-bond acceptors (Lipinski definition) is 6. The highest BCUT2D eigenvalue weighted by atomic mass is 16.5. The average molecular weight is 262 g/mol. The van der Waals surface area contributed by atoms with Crippen LogP contribution in [-0.2, 0) is 4.74 Å². The zero-order valence-corrected chi connectivity index (χ0v) is 11.0. The molecule has 1 aliphatic heterocycles. The summed E-state index contributed by atoms with van der Waals surface area (Å²) in [5.74, 6) is 1.27. The van der Waals surface area contributed by atoms with Crippen molar-refractivity contribution in [3.8, 4) is 0 Å². The van der Waals surface area contributed by atoms with Gasteiger partial charge in [0.15, 0.2) is 6.29 Å². The van der Waals surface area contributed by atoms with Gasteiger partial charge in [0.25, 0.3) is 0 Å². The van der Waals surface area contributed by atoms with E-state index in [1.54, 1.807) is 13.1 Å². The number of carbonyl (C=O) groups excluding carboxylic acids is 1. The molecule has 6 nitrogen and oxygen atoms in total. The van der Waals surface area contributed by atoms with Crippen molar-refractivity contribution in [2.45, 2.75) is 6.42 Å². The van der Waals surface area contributed by atoms with Crippen LogP contribution in [0.1, 0.15) is 22.3 Å². The molecule has 102 valence electrons. The Bertz CT molecular complexity index is 468. The Labute approximate surface area is 112 Å². The first-order valence-electron chi connectivity index (χ1n) is 6.31. The molecule has 0 radical (unpaired) electrons. The van der Waals surface area contributed by atoms with Gasteiger partial charge in [-0.3, -0.25) is 4.79 Å². The molecular formula is C13H18N4O2. The molecule has 1 aliphatic rings. The molecule has 2 rings (SSSR count). The second-order valence-corrected chi connectivity index (χ2v) is 4.30. The van der Waals surface area contributed by atoms with Crippen LogP contribution in [0.4, 0.5) is 11.6 Å². The van der Waals surface area contributed by atoms with Gasteiger partial charge in [0.05, 0.1) is 12.2 Å². The number of aldehydes is 1. The highest BCUT2D eigenvalue weighted by molar-refractivity contribution is 5.91. The van der Waals surface area contributed by atoms with Gasteiger partial charge in [-0.25, -0.2) is 4.98 Å². The second-order valence-electron chi connectivity index (χ2n) is 4.30. The van der Waals surface area contributed by atoms with Crippen molar-refractivity contribution in [3.63, 3.8) is 0 Å². The number of carbonyl (C=O) groups is 1. The SMILES string of the molecule is CNc1nc(N2CCCOCC2)c(C=O)cc1C=N. The smallest absolute Gasteiger partial charge is 0.153 e. The molecule has 0 bridgehead atoms. The fourth-order valence-electron chi connectivity index (χ4n) is 2.14. The second kappa shape index (κ2) is 6.29. The Balaban J connectivity index is 2.41. The van der Waals surface area contributed by atoms with E-state index in [1.807, 2.05) is 0 Å². The lowest BCUT2D eigenvalue weighted by Crippen LogP contribution is -2.28. The molecule has 1 saturated heterocycles. The van der Waals surface area contributed by atoms with E-state index in [2.05, 4.69) is 15.2 Å². The number of nitrogens with zero attached hydrogens (tertiary/aromatic N) is 2. The molecular weight excluding hydrogens is 244 g/mol. The monoisotopic (exact) mass is 262 g/mol. The van der Waals surface area contributed by atoms with E-state index in [9.17, 15) is 4.79 Å². The maximum Gasteiger partial charge on any atom is 0.153 e. The summed E-state index contributed by atoms with van der Waals surface area (Å²) < 4.78 is 5.41. The van der Waals surface area contributed by atoms with Crippen molar-refractivity contribution in [1.29, 1.82) is 5.41 Å². The van der Waals surface area contributed by atoms with E-state index in [-0.39, 0.29) is 0 Å². The number of aromatic nitrogens is 1. The van der Waals surface area contributed by atoms with Crippen molar-refractivity contribution in [2.75, 3.05) is 43.6 Å². The molecule has 0 aromatic carbocycles. The summed E-state index contributed by atoms with van der Waals surface area (Å²) in [6, 6.07) is 1.69. The largest absolute Gasteiger partial charge is 0.380 e. The van der Waals surface area contributed by atoms with Gasteiger partial charge in [-0.1, -0.05) is 0 Å². The maximum atomic E-state index is 11.2. The van der Waals surface area contributed by atoms with E-state index < -0.39 is 0 Å². The number of rotatable bonds is 4. The summed E-state index contributed by atoms with van der Waals surface area (Å²) in [5, 5.41) is 10.3. The van der Waals surface area contributed by atoms with E-state index in [1.165, 1.54) is 6.21 Å². The quantitative estimate of drug-likeness (QED) is 0.629. The molecule has 0 aliphatic carbocycles. The zero-order chi connectivity index (χ0) is 13.7. The lowest BCUT2D eigenvalue weighted by atomic mass is 10.1. The lowest BCUT2D eigenvalue weighted by Gasteiger charge is -2.23. The van der Waals surface area contributed by atoms with Gasteiger partial charge in [-0.05, 0) is 12.5 Å². The van der Waals surface area contributed by atoms with E-state index in [4.69, 9.17) is 10.1 Å². The van der Waals surface area contributed by atoms with Crippen molar-refractivity contribution in [1.82, 2.24) is 4.98 Å². The Morgan fingerprint density at radius 1 is 1.42 bits per heavy atom. The first-order chi connectivity index (χ1) is 9.30. The number of nitrogens with one attached hydrogen (secondary N) is 2. The third kappa shape index (κ3) is 2.90. The molecule has 0 atom stereocenters. The summed E-state index contributed by atoms with van der Waals surface area (Å²) in [5.41, 5.74) is 1.12. The van der Waals surface area contributed by atoms with E-state index in [0.29, 0.717) is 29.4 Å². The minimum absolute atomic E-state index is 0.513. The molecule has 0 unspecified atom stereocenters. The minimum Gasteiger partial charge on any atom is -0.380 e. The summed E-state index contributed by atoms with van der Waals surface area (Å²) in [7, 11) is 1.76. The molecule has 19 heavy (non-hydrogen) atoms. The van der Waals surface area contributed by atoms with Gasteiger partial charge in [0.2, 0.25) is 0 Å². The lowest BCUT2D eigenvalue weighted by molar-refractivity contribution is 0.112. The molecule has 1 aromatic heterocycles. The zero-order valence-electron chi connectivity index (χ0n) is 11.0. The molecule has 1 fully saturated rings. The Morgan fingerprint density at radius 2 is 2.26 bits per heavy atom. The number of hydrogen-bond donors (Lipinski definition) is 2. The van der Waals surface area contributed by atoms with Crippen LogP contribution < -0.4 is 10.2 Å². The Hall–Kier alpha value is -1.95. The van der Waals surface area contributed by atoms with Gasteiger partial charge in [-0.2, -0.15) is 0 Å². The summed E-state index contributed by atoms with van der Waals surface area (Å²) in [4.78, 5) is 17.8. The first-order valence-corrected chi connectivity index (χ1v) is 6.31. The van der Waals surface area contributed by atoms with Crippen LogP contribution in [0.2, 0.25) is 0 Å².